The quantitative estimate of drug-likeness (QED) is 0.233. The zero-order valence-electron chi connectivity index (χ0n) is 22.5. The molecule has 0 saturated carbocycles. The molecule has 1 fully saturated rings. The molecule has 1 aliphatic rings. The third-order valence-electron chi connectivity index (χ3n) is 6.93. The molecular weight excluding hydrogens is 476 g/mol. The highest BCUT2D eigenvalue weighted by Gasteiger charge is 2.22. The minimum Gasteiger partial charge on any atom is -0.497 e. The summed E-state index contributed by atoms with van der Waals surface area (Å²) in [7, 11) is 1.66. The van der Waals surface area contributed by atoms with Crippen molar-refractivity contribution < 1.29 is 14.3 Å². The van der Waals surface area contributed by atoms with Crippen LogP contribution in [0.5, 0.6) is 5.75 Å². The van der Waals surface area contributed by atoms with E-state index in [4.69, 9.17) is 10.1 Å². The number of hydrogen-bond donors (Lipinski definition) is 3. The number of nitrogens with zero attached hydrogens (tertiary/aromatic N) is 1. The molecule has 38 heavy (non-hydrogen) atoms. The highest BCUT2D eigenvalue weighted by Crippen LogP contribution is 2.15. The molecule has 3 rings (SSSR count). The number of amides is 2. The third-order valence-corrected chi connectivity index (χ3v) is 6.93. The van der Waals surface area contributed by atoms with Gasteiger partial charge in [-0.2, -0.15) is 0 Å². The van der Waals surface area contributed by atoms with E-state index in [1.165, 1.54) is 12.6 Å². The van der Waals surface area contributed by atoms with E-state index in [9.17, 15) is 9.59 Å². The SMILES string of the molecule is COc1cccc(CNCC[C@H](C/C=C/c2ccccc2)NC(=O)[C@@H](C=N)CCC(=O)N2CCCCC2)c1. The van der Waals surface area contributed by atoms with Gasteiger partial charge >= 0.3 is 0 Å². The molecule has 0 aromatic heterocycles. The second-order valence-electron chi connectivity index (χ2n) is 9.82. The summed E-state index contributed by atoms with van der Waals surface area (Å²) in [6.45, 7) is 3.04. The molecular formula is C31H42N4O3. The molecule has 204 valence electrons. The topological polar surface area (TPSA) is 94.5 Å². The highest BCUT2D eigenvalue weighted by molar-refractivity contribution is 5.93. The molecule has 7 heteroatoms. The summed E-state index contributed by atoms with van der Waals surface area (Å²) in [5, 5.41) is 14.4. The van der Waals surface area contributed by atoms with Gasteiger partial charge in [0.1, 0.15) is 5.75 Å². The van der Waals surface area contributed by atoms with E-state index in [-0.39, 0.29) is 17.9 Å². The first-order valence-electron chi connectivity index (χ1n) is 13.7. The summed E-state index contributed by atoms with van der Waals surface area (Å²) in [6.07, 6.45) is 10.7. The van der Waals surface area contributed by atoms with Crippen LogP contribution in [0.25, 0.3) is 6.08 Å². The molecule has 2 aromatic carbocycles. The van der Waals surface area contributed by atoms with Crippen LogP contribution < -0.4 is 15.4 Å². The summed E-state index contributed by atoms with van der Waals surface area (Å²) in [6, 6.07) is 18.0. The zero-order valence-corrected chi connectivity index (χ0v) is 22.5. The van der Waals surface area contributed by atoms with Gasteiger partial charge in [0.05, 0.1) is 13.0 Å². The van der Waals surface area contributed by atoms with E-state index in [0.29, 0.717) is 25.8 Å². The van der Waals surface area contributed by atoms with Crippen molar-refractivity contribution in [3.63, 3.8) is 0 Å². The van der Waals surface area contributed by atoms with Gasteiger partial charge in [-0.15, -0.1) is 0 Å². The average molecular weight is 519 g/mol. The Bertz CT molecular complexity index is 1030. The summed E-state index contributed by atoms with van der Waals surface area (Å²) >= 11 is 0. The lowest BCUT2D eigenvalue weighted by atomic mass is 10.0. The van der Waals surface area contributed by atoms with Crippen LogP contribution in [0.15, 0.2) is 60.7 Å². The standard InChI is InChI=1S/C31H42N4O3/c1-38-29-15-9-13-26(22-29)24-33-19-18-28(14-8-12-25-10-4-2-5-11-25)34-31(37)27(23-32)16-17-30(36)35-20-6-3-7-21-35/h2,4-5,8-13,15,22-23,27-28,32-33H,3,6-7,14,16-21,24H2,1H3,(H,34,37)/b12-8+,32-23?/t27-,28+/m1/s1. The van der Waals surface area contributed by atoms with Crippen LogP contribution in [-0.4, -0.2) is 55.7 Å². The number of likely N-dealkylation sites (tertiary alicyclic amines) is 1. The van der Waals surface area contributed by atoms with Crippen molar-refractivity contribution in [3.05, 3.63) is 71.8 Å². The molecule has 1 saturated heterocycles. The third kappa shape index (κ3) is 10.1. The summed E-state index contributed by atoms with van der Waals surface area (Å²) < 4.78 is 5.30. The predicted octanol–water partition coefficient (Wildman–Crippen LogP) is 4.82. The smallest absolute Gasteiger partial charge is 0.228 e. The normalized spacial score (nSPS) is 15.1. The lowest BCUT2D eigenvalue weighted by Gasteiger charge is -2.27. The van der Waals surface area contributed by atoms with Gasteiger partial charge in [0.25, 0.3) is 0 Å². The van der Waals surface area contributed by atoms with Crippen LogP contribution in [-0.2, 0) is 16.1 Å². The molecule has 7 nitrogen and oxygen atoms in total. The Hall–Kier alpha value is -3.45. The summed E-state index contributed by atoms with van der Waals surface area (Å²) in [5.74, 6) is 0.136. The predicted molar refractivity (Wildman–Crippen MR) is 153 cm³/mol. The Morgan fingerprint density at radius 1 is 1.05 bits per heavy atom. The van der Waals surface area contributed by atoms with Gasteiger partial charge in [-0.1, -0.05) is 54.6 Å². The van der Waals surface area contributed by atoms with Gasteiger partial charge in [0, 0.05) is 38.3 Å². The number of carbonyl (C=O) groups excluding carboxylic acids is 2. The molecule has 0 spiro atoms. The molecule has 0 aliphatic carbocycles. The number of methoxy groups -OCH3 is 1. The maximum absolute atomic E-state index is 13.1. The number of piperidine rings is 1. The van der Waals surface area contributed by atoms with E-state index in [0.717, 1.165) is 55.8 Å². The van der Waals surface area contributed by atoms with Crippen LogP contribution in [0, 0.1) is 11.3 Å². The first-order valence-corrected chi connectivity index (χ1v) is 13.7. The number of rotatable bonds is 15. The zero-order chi connectivity index (χ0) is 27.0. The number of benzene rings is 2. The van der Waals surface area contributed by atoms with Crippen LogP contribution in [0.4, 0.5) is 0 Å². The first-order chi connectivity index (χ1) is 18.6. The van der Waals surface area contributed by atoms with Gasteiger partial charge in [-0.3, -0.25) is 9.59 Å². The fourth-order valence-corrected chi connectivity index (χ4v) is 4.65. The Balaban J connectivity index is 1.53. The van der Waals surface area contributed by atoms with Crippen LogP contribution in [0.2, 0.25) is 0 Å². The number of hydrogen-bond acceptors (Lipinski definition) is 5. The van der Waals surface area contributed by atoms with Gasteiger partial charge in [-0.25, -0.2) is 0 Å². The second-order valence-corrected chi connectivity index (χ2v) is 9.82. The van der Waals surface area contributed by atoms with Gasteiger partial charge in [0.15, 0.2) is 0 Å². The van der Waals surface area contributed by atoms with Crippen LogP contribution in [0.1, 0.15) is 56.1 Å². The Morgan fingerprint density at radius 3 is 2.58 bits per heavy atom. The molecule has 2 aromatic rings. The number of carbonyl (C=O) groups is 2. The van der Waals surface area contributed by atoms with Crippen LogP contribution >= 0.6 is 0 Å². The van der Waals surface area contributed by atoms with Gasteiger partial charge in [-0.05, 0) is 68.3 Å². The van der Waals surface area contributed by atoms with E-state index in [2.05, 4.69) is 28.9 Å². The second kappa shape index (κ2) is 16.4. The molecule has 2 atom stereocenters. The molecule has 1 aliphatic heterocycles. The van der Waals surface area contributed by atoms with E-state index in [1.54, 1.807) is 7.11 Å². The Kier molecular flexibility index (Phi) is 12.6. The molecule has 0 bridgehead atoms. The van der Waals surface area contributed by atoms with E-state index < -0.39 is 5.92 Å². The lowest BCUT2D eigenvalue weighted by Crippen LogP contribution is -2.41. The Labute approximate surface area is 227 Å². The molecule has 3 N–H and O–H groups in total. The van der Waals surface area contributed by atoms with Crippen molar-refractivity contribution in [2.45, 2.75) is 57.5 Å². The minimum absolute atomic E-state index is 0.0829. The summed E-state index contributed by atoms with van der Waals surface area (Å²) in [4.78, 5) is 27.5. The fraction of sp³-hybridized carbons (Fsp3) is 0.452. The summed E-state index contributed by atoms with van der Waals surface area (Å²) in [5.41, 5.74) is 2.25. The fourth-order valence-electron chi connectivity index (χ4n) is 4.65. The van der Waals surface area contributed by atoms with Gasteiger partial charge < -0.3 is 25.7 Å². The molecule has 2 amide bonds. The van der Waals surface area contributed by atoms with Crippen molar-refractivity contribution in [3.8, 4) is 5.75 Å². The lowest BCUT2D eigenvalue weighted by molar-refractivity contribution is -0.132. The van der Waals surface area contributed by atoms with Crippen molar-refractivity contribution in [2.75, 3.05) is 26.7 Å². The first kappa shape index (κ1) is 29.1. The molecule has 0 unspecified atom stereocenters. The number of nitrogens with one attached hydrogen (secondary N) is 3. The van der Waals surface area contributed by atoms with Crippen molar-refractivity contribution >= 4 is 24.1 Å². The van der Waals surface area contributed by atoms with Crippen LogP contribution in [0.3, 0.4) is 0 Å². The largest absolute Gasteiger partial charge is 0.497 e. The molecule has 1 heterocycles. The highest BCUT2D eigenvalue weighted by atomic mass is 16.5. The van der Waals surface area contributed by atoms with Crippen molar-refractivity contribution in [1.29, 1.82) is 5.41 Å². The average Bonchev–Trinajstić information content (AvgIpc) is 2.96. The molecule has 0 radical (unpaired) electrons. The Morgan fingerprint density at radius 2 is 1.84 bits per heavy atom. The van der Waals surface area contributed by atoms with E-state index >= 15 is 0 Å². The van der Waals surface area contributed by atoms with Gasteiger partial charge in [0.2, 0.25) is 11.8 Å². The maximum Gasteiger partial charge on any atom is 0.228 e. The monoisotopic (exact) mass is 518 g/mol. The number of ether oxygens (including phenoxy) is 1. The maximum atomic E-state index is 13.1. The van der Waals surface area contributed by atoms with Crippen molar-refractivity contribution in [2.24, 2.45) is 5.92 Å². The van der Waals surface area contributed by atoms with Crippen molar-refractivity contribution in [1.82, 2.24) is 15.5 Å². The van der Waals surface area contributed by atoms with E-state index in [1.807, 2.05) is 53.4 Å². The minimum atomic E-state index is -0.603.